The molecule has 0 radical (unpaired) electrons. The van der Waals surface area contributed by atoms with E-state index in [1.54, 1.807) is 6.08 Å². The molecule has 13 nitrogen and oxygen atoms in total. The Balaban J connectivity index is 0.992. The Hall–Kier alpha value is -0.803. The lowest BCUT2D eigenvalue weighted by molar-refractivity contribution is -0.293. The van der Waals surface area contributed by atoms with Crippen LogP contribution in [0.2, 0.25) is 18.1 Å². The Labute approximate surface area is 401 Å². The number of halogens is 1. The van der Waals surface area contributed by atoms with Crippen LogP contribution in [0.3, 0.4) is 0 Å². The summed E-state index contributed by atoms with van der Waals surface area (Å²) in [7, 11) is -1.94. The molecule has 10 bridgehead atoms. The molecule has 366 valence electrons. The summed E-state index contributed by atoms with van der Waals surface area (Å²) in [5.41, 5.74) is 2.14. The van der Waals surface area contributed by atoms with Crippen LogP contribution in [0, 0.1) is 11.8 Å². The summed E-state index contributed by atoms with van der Waals surface area (Å²) in [5, 5.41) is 12.1. The molecule has 9 aliphatic heterocycles. The first-order valence-corrected chi connectivity index (χ1v) is 29.3. The van der Waals surface area contributed by atoms with Gasteiger partial charge in [-0.25, -0.2) is 0 Å². The molecule has 12 unspecified atom stereocenters. The Bertz CT molecular complexity index is 1720. The monoisotopic (exact) mass is 1040 g/mol. The molecule has 0 aliphatic carbocycles. The maximum absolute atomic E-state index is 14.4. The summed E-state index contributed by atoms with van der Waals surface area (Å²) in [6, 6.07) is 3.20. The van der Waals surface area contributed by atoms with Gasteiger partial charge in [0.05, 0.1) is 98.8 Å². The van der Waals surface area contributed by atoms with Crippen LogP contribution >= 0.6 is 22.6 Å². The fourth-order valence-corrected chi connectivity index (χ4v) is 16.7. The number of carbonyl (C=O) groups excluding carboxylic acids is 1. The predicted octanol–water partition coefficient (Wildman–Crippen LogP) is 8.18. The van der Waals surface area contributed by atoms with Gasteiger partial charge in [-0.1, -0.05) is 76.4 Å². The van der Waals surface area contributed by atoms with E-state index in [1.165, 1.54) is 0 Å². The van der Waals surface area contributed by atoms with Gasteiger partial charge >= 0.3 is 5.97 Å². The third-order valence-corrected chi connectivity index (χ3v) is 22.5. The molecule has 9 saturated heterocycles. The zero-order valence-electron chi connectivity index (χ0n) is 39.5. The van der Waals surface area contributed by atoms with Crippen molar-refractivity contribution >= 4 is 36.9 Å². The van der Waals surface area contributed by atoms with E-state index in [4.69, 9.17) is 51.8 Å². The molecule has 0 aromatic rings. The number of hydrogen-bond acceptors (Lipinski definition) is 13. The van der Waals surface area contributed by atoms with Crippen molar-refractivity contribution < 1.29 is 61.7 Å². The van der Waals surface area contributed by atoms with Crippen LogP contribution < -0.4 is 0 Å². The maximum Gasteiger partial charge on any atom is 0.308 e. The Morgan fingerprint density at radius 2 is 1.49 bits per heavy atom. The zero-order chi connectivity index (χ0) is 45.8. The second-order valence-corrected chi connectivity index (χ2v) is 26.7. The number of aliphatic hydroxyl groups is 1. The fraction of sp³-hybridized carbons (Fsp3) is 0.860. The highest BCUT2D eigenvalue weighted by Gasteiger charge is 2.66. The van der Waals surface area contributed by atoms with E-state index in [1.807, 2.05) is 0 Å². The number of hydrogen-bond donors (Lipinski definition) is 1. The highest BCUT2D eigenvalue weighted by atomic mass is 127. The van der Waals surface area contributed by atoms with Gasteiger partial charge in [-0.15, -0.1) is 6.58 Å². The molecule has 65 heavy (non-hydrogen) atoms. The van der Waals surface area contributed by atoms with Gasteiger partial charge in [-0.2, -0.15) is 0 Å². The molecule has 0 saturated carbocycles. The number of fused-ring (bicyclic) bond motifs is 10. The van der Waals surface area contributed by atoms with Crippen LogP contribution in [0.15, 0.2) is 37.0 Å². The second-order valence-electron chi connectivity index (χ2n) is 21.1. The van der Waals surface area contributed by atoms with Crippen molar-refractivity contribution in [3.05, 3.63) is 37.0 Å². The molecule has 15 heteroatoms. The molecule has 0 aromatic carbocycles. The molecule has 1 N–H and O–H groups in total. The highest BCUT2D eigenvalue weighted by molar-refractivity contribution is 14.1. The van der Waals surface area contributed by atoms with E-state index in [-0.39, 0.29) is 98.3 Å². The number of ether oxygens (including phenoxy) is 10. The van der Waals surface area contributed by atoms with Crippen molar-refractivity contribution in [2.24, 2.45) is 11.8 Å². The number of rotatable bonds is 9. The summed E-state index contributed by atoms with van der Waals surface area (Å²) in [6.07, 6.45) is 4.41. The highest BCUT2D eigenvalue weighted by Crippen LogP contribution is 2.53. The van der Waals surface area contributed by atoms with Crippen molar-refractivity contribution in [2.45, 2.75) is 245 Å². The van der Waals surface area contributed by atoms with Crippen molar-refractivity contribution in [3.8, 4) is 0 Å². The summed E-state index contributed by atoms with van der Waals surface area (Å²) in [6.45, 7) is 24.2. The number of alkyl halides is 1. The third-order valence-electron chi connectivity index (χ3n) is 17.0. The van der Waals surface area contributed by atoms with E-state index in [2.05, 4.69) is 76.9 Å². The third kappa shape index (κ3) is 9.95. The van der Waals surface area contributed by atoms with Crippen LogP contribution in [-0.4, -0.2) is 140 Å². The SMILES string of the molecule is C=CCOC1(O)C[C@]23CCC4CC(=C)C(CCC5C[C@@H](C)C(=C)C(CC6O[C@H]7C[C@@H](O[Si](CC)(CC)CC)[C@@H](CI)OC7[C@H](C)C6OC(=O)CC6CCC7OC(CC(O2)[C@H]7O6)[C@@H]1O3)O5)O4. The maximum atomic E-state index is 14.4. The molecule has 1 spiro atoms. The Morgan fingerprint density at radius 3 is 2.25 bits per heavy atom. The van der Waals surface area contributed by atoms with Crippen LogP contribution in [0.1, 0.15) is 118 Å². The molecule has 0 amide bonds. The smallest absolute Gasteiger partial charge is 0.308 e. The van der Waals surface area contributed by atoms with E-state index in [9.17, 15) is 9.90 Å². The van der Waals surface area contributed by atoms with Crippen LogP contribution in [0.25, 0.3) is 0 Å². The van der Waals surface area contributed by atoms with Crippen LogP contribution in [0.5, 0.6) is 0 Å². The summed E-state index contributed by atoms with van der Waals surface area (Å²) < 4.78 is 75.9. The number of esters is 1. The van der Waals surface area contributed by atoms with Crippen LogP contribution in [0.4, 0.5) is 0 Å². The van der Waals surface area contributed by atoms with Gasteiger partial charge in [-0.3, -0.25) is 4.79 Å². The lowest BCUT2D eigenvalue weighted by Gasteiger charge is -2.52. The molecule has 9 heterocycles. The summed E-state index contributed by atoms with van der Waals surface area (Å²) >= 11 is 2.43. The Kier molecular flexibility index (Phi) is 15.2. The van der Waals surface area contributed by atoms with Crippen LogP contribution in [-0.2, 0) is 56.6 Å². The lowest BCUT2D eigenvalue weighted by atomic mass is 9.79. The average molecular weight is 1040 g/mol. The summed E-state index contributed by atoms with van der Waals surface area (Å²) in [5.74, 6) is -3.00. The minimum atomic E-state index is -1.94. The second kappa shape index (κ2) is 20.1. The van der Waals surface area contributed by atoms with Gasteiger partial charge in [0.2, 0.25) is 0 Å². The normalized spacial score (nSPS) is 48.1. The van der Waals surface area contributed by atoms with E-state index in [0.29, 0.717) is 38.5 Å². The minimum absolute atomic E-state index is 0.00358. The van der Waals surface area contributed by atoms with Gasteiger partial charge in [0.1, 0.15) is 18.3 Å². The lowest BCUT2D eigenvalue weighted by Crippen LogP contribution is -2.63. The van der Waals surface area contributed by atoms with Gasteiger partial charge in [-0.05, 0) is 80.1 Å². The zero-order valence-corrected chi connectivity index (χ0v) is 42.7. The average Bonchev–Trinajstić information content (AvgIpc) is 3.76. The fourth-order valence-electron chi connectivity index (χ4n) is 13.0. The van der Waals surface area contributed by atoms with Crippen molar-refractivity contribution in [1.82, 2.24) is 0 Å². The van der Waals surface area contributed by atoms with Crippen molar-refractivity contribution in [2.75, 3.05) is 11.0 Å². The standard InChI is InChI=1S/C50H77IO13Si/c1-9-19-54-50(53)27-49-18-17-34-21-29(6)35(55-34)15-13-32-20-28(5)30(7)37(56-32)23-39-46(31(8)45-40(59-39)24-38(43(26-51)60-45)64-65(10-2,11-3)12-4)61-44(52)22-33-14-16-36-47(57-33)41(62-49)25-42(58-36)48(50)63-49/h9,28,31-43,45-48,53H,1,6-7,10-27H2,2-5,8H3/t28-,31+,32?,33?,34?,35?,36?,37?,38-,39?,40+,41?,42?,43-,45?,46?,47+,48+,49-,50?/m1/s1. The van der Waals surface area contributed by atoms with Gasteiger partial charge in [0.15, 0.2) is 19.9 Å². The predicted molar refractivity (Wildman–Crippen MR) is 253 cm³/mol. The van der Waals surface area contributed by atoms with E-state index < -0.39 is 56.5 Å². The van der Waals surface area contributed by atoms with Gasteiger partial charge in [0, 0.05) is 36.0 Å². The van der Waals surface area contributed by atoms with Gasteiger partial charge in [0.25, 0.3) is 0 Å². The number of carbonyl (C=O) groups is 1. The molecular weight excluding hydrogens is 964 g/mol. The minimum Gasteiger partial charge on any atom is -0.459 e. The summed E-state index contributed by atoms with van der Waals surface area (Å²) in [4.78, 5) is 14.4. The van der Waals surface area contributed by atoms with E-state index in [0.717, 1.165) is 65.8 Å². The Morgan fingerprint density at radius 1 is 0.769 bits per heavy atom. The largest absolute Gasteiger partial charge is 0.459 e. The molecule has 9 fully saturated rings. The van der Waals surface area contributed by atoms with Gasteiger partial charge < -0.3 is 56.9 Å². The van der Waals surface area contributed by atoms with Crippen molar-refractivity contribution in [1.29, 1.82) is 0 Å². The molecule has 20 atom stereocenters. The molecule has 0 aromatic heterocycles. The van der Waals surface area contributed by atoms with E-state index >= 15 is 0 Å². The quantitative estimate of drug-likeness (QED) is 0.0594. The first-order chi connectivity index (χ1) is 31.2. The topological polar surface area (TPSA) is 139 Å². The molecule has 9 aliphatic rings. The first-order valence-electron chi connectivity index (χ1n) is 25.3. The molecular formula is C50H77IO13Si. The first kappa shape index (κ1) is 49.2. The molecule has 9 rings (SSSR count). The van der Waals surface area contributed by atoms with Crippen molar-refractivity contribution in [3.63, 3.8) is 0 Å².